The number of hydrogen-bond acceptors (Lipinski definition) is 5. The van der Waals surface area contributed by atoms with Gasteiger partial charge < -0.3 is 19.5 Å². The number of hydrogen-bond donors (Lipinski definition) is 1. The molecule has 1 heterocycles. The molecule has 0 aliphatic rings. The molecule has 1 aromatic carbocycles. The van der Waals surface area contributed by atoms with Gasteiger partial charge in [-0.3, -0.25) is 0 Å². The van der Waals surface area contributed by atoms with Crippen molar-refractivity contribution in [2.75, 3.05) is 32.6 Å². The molecule has 1 aromatic heterocycles. The van der Waals surface area contributed by atoms with Crippen LogP contribution >= 0.6 is 0 Å². The summed E-state index contributed by atoms with van der Waals surface area (Å²) in [6, 6.07) is 5.69. The minimum absolute atomic E-state index is 0.183. The van der Waals surface area contributed by atoms with Gasteiger partial charge in [0.2, 0.25) is 5.82 Å². The van der Waals surface area contributed by atoms with E-state index >= 15 is 0 Å². The third-order valence-corrected chi connectivity index (χ3v) is 3.04. The van der Waals surface area contributed by atoms with Crippen molar-refractivity contribution in [3.8, 4) is 11.4 Å². The first kappa shape index (κ1) is 17.7. The van der Waals surface area contributed by atoms with Gasteiger partial charge >= 0.3 is 18.1 Å². The number of anilines is 1. The van der Waals surface area contributed by atoms with Crippen LogP contribution in [-0.4, -0.2) is 48.4 Å². The molecule has 0 saturated heterocycles. The summed E-state index contributed by atoms with van der Waals surface area (Å²) in [5.41, 5.74) is 0.813. The topological polar surface area (TPSA) is 80.5 Å². The van der Waals surface area contributed by atoms with Crippen LogP contribution in [0, 0.1) is 0 Å². The predicted molar refractivity (Wildman–Crippen MR) is 78.3 cm³/mol. The van der Waals surface area contributed by atoms with Crippen molar-refractivity contribution in [2.24, 2.45) is 0 Å². The zero-order valence-corrected chi connectivity index (χ0v) is 12.9. The van der Waals surface area contributed by atoms with E-state index in [1.54, 1.807) is 7.05 Å². The molecule has 0 fully saturated rings. The summed E-state index contributed by atoms with van der Waals surface area (Å²) >= 11 is 0. The van der Waals surface area contributed by atoms with E-state index in [1.807, 2.05) is 0 Å². The fraction of sp³-hybridized carbons (Fsp3) is 0.357. The van der Waals surface area contributed by atoms with Gasteiger partial charge in [0.05, 0.1) is 6.61 Å². The van der Waals surface area contributed by atoms with Crippen LogP contribution in [0.4, 0.5) is 23.7 Å². The van der Waals surface area contributed by atoms with Crippen LogP contribution in [0.5, 0.6) is 0 Å². The summed E-state index contributed by atoms with van der Waals surface area (Å²) in [7, 11) is 3.15. The third kappa shape index (κ3) is 4.44. The lowest BCUT2D eigenvalue weighted by atomic mass is 10.2. The van der Waals surface area contributed by atoms with E-state index in [2.05, 4.69) is 20.0 Å². The first-order chi connectivity index (χ1) is 11.3. The maximum absolute atomic E-state index is 12.4. The lowest BCUT2D eigenvalue weighted by Gasteiger charge is -2.17. The van der Waals surface area contributed by atoms with Crippen LogP contribution in [0.3, 0.4) is 0 Å². The average Bonchev–Trinajstić information content (AvgIpc) is 3.03. The van der Waals surface area contributed by atoms with Gasteiger partial charge in [-0.15, -0.1) is 0 Å². The van der Waals surface area contributed by atoms with E-state index in [0.29, 0.717) is 24.4 Å². The van der Waals surface area contributed by atoms with Crippen molar-refractivity contribution in [2.45, 2.75) is 6.18 Å². The number of halogens is 3. The Hall–Kier alpha value is -2.62. The van der Waals surface area contributed by atoms with Crippen molar-refractivity contribution in [3.63, 3.8) is 0 Å². The van der Waals surface area contributed by atoms with Crippen molar-refractivity contribution in [3.05, 3.63) is 30.2 Å². The Kier molecular flexibility index (Phi) is 5.39. The van der Waals surface area contributed by atoms with Crippen molar-refractivity contribution in [1.29, 1.82) is 0 Å². The number of nitrogens with zero attached hydrogens (tertiary/aromatic N) is 3. The normalized spacial score (nSPS) is 11.4. The molecular weight excluding hydrogens is 329 g/mol. The number of amides is 2. The molecular formula is C14H15F3N4O3. The van der Waals surface area contributed by atoms with Gasteiger partial charge in [0.15, 0.2) is 0 Å². The number of rotatable bonds is 5. The Morgan fingerprint density at radius 2 is 2.00 bits per heavy atom. The number of likely N-dealkylation sites (N-methyl/N-ethyl adjacent to an activating group) is 1. The van der Waals surface area contributed by atoms with Crippen molar-refractivity contribution >= 4 is 11.7 Å². The Morgan fingerprint density at radius 1 is 1.33 bits per heavy atom. The molecule has 1 N–H and O–H groups in total. The number of carbonyl (C=O) groups excluding carboxylic acids is 1. The van der Waals surface area contributed by atoms with E-state index in [9.17, 15) is 18.0 Å². The molecule has 0 atom stereocenters. The second-order valence-electron chi connectivity index (χ2n) is 4.84. The average molecular weight is 344 g/mol. The molecule has 24 heavy (non-hydrogen) atoms. The van der Waals surface area contributed by atoms with Gasteiger partial charge in [0.25, 0.3) is 0 Å². The quantitative estimate of drug-likeness (QED) is 0.902. The first-order valence-electron chi connectivity index (χ1n) is 6.83. The molecule has 2 amide bonds. The number of ether oxygens (including phenoxy) is 1. The smallest absolute Gasteiger partial charge is 0.383 e. The molecule has 0 spiro atoms. The fourth-order valence-electron chi connectivity index (χ4n) is 1.71. The molecule has 10 heteroatoms. The molecule has 2 rings (SSSR count). The summed E-state index contributed by atoms with van der Waals surface area (Å²) in [6.45, 7) is 0.825. The maximum Gasteiger partial charge on any atom is 0.471 e. The first-order valence-corrected chi connectivity index (χ1v) is 6.83. The summed E-state index contributed by atoms with van der Waals surface area (Å²) in [5.74, 6) is -1.59. The number of nitrogens with one attached hydrogen (secondary N) is 1. The Labute approximate surface area is 135 Å². The lowest BCUT2D eigenvalue weighted by Crippen LogP contribution is -2.33. The van der Waals surface area contributed by atoms with Gasteiger partial charge in [-0.25, -0.2) is 4.79 Å². The number of urea groups is 1. The zero-order chi connectivity index (χ0) is 17.7. The van der Waals surface area contributed by atoms with Crippen molar-refractivity contribution < 1.29 is 27.2 Å². The number of carbonyl (C=O) groups is 1. The zero-order valence-electron chi connectivity index (χ0n) is 12.9. The monoisotopic (exact) mass is 344 g/mol. The highest BCUT2D eigenvalue weighted by atomic mass is 19.4. The summed E-state index contributed by atoms with van der Waals surface area (Å²) in [4.78, 5) is 16.6. The minimum Gasteiger partial charge on any atom is -0.383 e. The Balaban J connectivity index is 2.03. The predicted octanol–water partition coefficient (Wildman–Crippen LogP) is 2.87. The standard InChI is InChI=1S/C14H15F3N4O3/c1-21(7-8-23-2)13(22)18-10-5-3-9(4-6-10)11-19-12(24-20-11)14(15,16)17/h3-6H,7-8H2,1-2H3,(H,18,22). The van der Waals surface area contributed by atoms with Gasteiger partial charge in [-0.2, -0.15) is 18.2 Å². The van der Waals surface area contributed by atoms with E-state index < -0.39 is 12.1 Å². The molecule has 0 aliphatic carbocycles. The number of alkyl halides is 3. The highest BCUT2D eigenvalue weighted by molar-refractivity contribution is 5.89. The summed E-state index contributed by atoms with van der Waals surface area (Å²) < 4.78 is 46.3. The number of methoxy groups -OCH3 is 1. The second-order valence-corrected chi connectivity index (χ2v) is 4.84. The highest BCUT2D eigenvalue weighted by Crippen LogP contribution is 2.29. The molecule has 2 aromatic rings. The number of aromatic nitrogens is 2. The molecule has 0 aliphatic heterocycles. The Morgan fingerprint density at radius 3 is 2.54 bits per heavy atom. The van der Waals surface area contributed by atoms with Crippen LogP contribution in [0.2, 0.25) is 0 Å². The van der Waals surface area contributed by atoms with E-state index in [4.69, 9.17) is 4.74 Å². The van der Waals surface area contributed by atoms with Crippen LogP contribution in [0.25, 0.3) is 11.4 Å². The minimum atomic E-state index is -4.69. The van der Waals surface area contributed by atoms with E-state index in [1.165, 1.54) is 36.3 Å². The molecule has 0 radical (unpaired) electrons. The number of benzene rings is 1. The van der Waals surface area contributed by atoms with Gasteiger partial charge in [-0.05, 0) is 24.3 Å². The van der Waals surface area contributed by atoms with Crippen LogP contribution < -0.4 is 5.32 Å². The van der Waals surface area contributed by atoms with E-state index in [-0.39, 0.29) is 11.9 Å². The van der Waals surface area contributed by atoms with Gasteiger partial charge in [0, 0.05) is 32.0 Å². The highest BCUT2D eigenvalue weighted by Gasteiger charge is 2.38. The molecule has 7 nitrogen and oxygen atoms in total. The van der Waals surface area contributed by atoms with Crippen LogP contribution in [0.1, 0.15) is 5.89 Å². The van der Waals surface area contributed by atoms with Gasteiger partial charge in [-0.1, -0.05) is 5.16 Å². The molecule has 0 saturated carbocycles. The van der Waals surface area contributed by atoms with Crippen LogP contribution in [-0.2, 0) is 10.9 Å². The summed E-state index contributed by atoms with van der Waals surface area (Å²) in [6.07, 6.45) is -4.69. The van der Waals surface area contributed by atoms with Crippen molar-refractivity contribution in [1.82, 2.24) is 15.0 Å². The third-order valence-electron chi connectivity index (χ3n) is 3.04. The van der Waals surface area contributed by atoms with Gasteiger partial charge in [0.1, 0.15) is 0 Å². The lowest BCUT2D eigenvalue weighted by molar-refractivity contribution is -0.159. The van der Waals surface area contributed by atoms with Crippen LogP contribution in [0.15, 0.2) is 28.8 Å². The fourth-order valence-corrected chi connectivity index (χ4v) is 1.71. The Bertz CT molecular complexity index is 685. The second kappa shape index (κ2) is 7.30. The molecule has 0 unspecified atom stereocenters. The molecule has 130 valence electrons. The SMILES string of the molecule is COCCN(C)C(=O)Nc1ccc(-c2noc(C(F)(F)F)n2)cc1. The largest absolute Gasteiger partial charge is 0.471 e. The maximum atomic E-state index is 12.4. The van der Waals surface area contributed by atoms with E-state index in [0.717, 1.165) is 0 Å². The molecule has 0 bridgehead atoms. The summed E-state index contributed by atoms with van der Waals surface area (Å²) in [5, 5.41) is 5.94.